The summed E-state index contributed by atoms with van der Waals surface area (Å²) in [5, 5.41) is 2.03. The lowest BCUT2D eigenvalue weighted by molar-refractivity contribution is -0.137. The van der Waals surface area contributed by atoms with Crippen LogP contribution >= 0.6 is 0 Å². The van der Waals surface area contributed by atoms with Crippen LogP contribution in [-0.2, 0) is 15.8 Å². The second-order valence-corrected chi connectivity index (χ2v) is 6.41. The number of halogens is 3. The van der Waals surface area contributed by atoms with Crippen molar-refractivity contribution in [3.8, 4) is 0 Å². The summed E-state index contributed by atoms with van der Waals surface area (Å²) in [4.78, 5) is 36.7. The van der Waals surface area contributed by atoms with Crippen LogP contribution in [0.4, 0.5) is 29.3 Å². The number of urea groups is 1. The lowest BCUT2D eigenvalue weighted by Gasteiger charge is -2.33. The molecule has 0 bridgehead atoms. The third-order valence-electron chi connectivity index (χ3n) is 4.73. The summed E-state index contributed by atoms with van der Waals surface area (Å²) in [7, 11) is 0. The van der Waals surface area contributed by atoms with E-state index in [1.807, 2.05) is 5.32 Å². The highest BCUT2D eigenvalue weighted by Crippen LogP contribution is 2.40. The third kappa shape index (κ3) is 3.66. The molecule has 0 unspecified atom stereocenters. The van der Waals surface area contributed by atoms with E-state index in [2.05, 4.69) is 0 Å². The Kier molecular flexibility index (Phi) is 4.88. The first kappa shape index (κ1) is 18.2. The van der Waals surface area contributed by atoms with Gasteiger partial charge in [0.05, 0.1) is 11.3 Å². The number of aldehydes is 1. The number of nitrogens with zero attached hydrogens (tertiary/aromatic N) is 2. The van der Waals surface area contributed by atoms with Gasteiger partial charge in [-0.05, 0) is 31.0 Å². The minimum atomic E-state index is -4.64. The number of nitrogens with one attached hydrogen (secondary N) is 1. The monoisotopic (exact) mass is 369 g/mol. The van der Waals surface area contributed by atoms with Crippen molar-refractivity contribution >= 4 is 29.6 Å². The number of carbonyl (C=O) groups excluding carboxylic acids is 3. The van der Waals surface area contributed by atoms with Gasteiger partial charge in [-0.25, -0.2) is 4.79 Å². The summed E-state index contributed by atoms with van der Waals surface area (Å²) in [6.45, 7) is 0.898. The van der Waals surface area contributed by atoms with Gasteiger partial charge in [-0.15, -0.1) is 0 Å². The average Bonchev–Trinajstić information content (AvgIpc) is 2.61. The van der Waals surface area contributed by atoms with Gasteiger partial charge < -0.3 is 9.69 Å². The average molecular weight is 369 g/mol. The molecule has 140 valence electrons. The smallest absolute Gasteiger partial charge is 0.371 e. The van der Waals surface area contributed by atoms with Gasteiger partial charge in [0.2, 0.25) is 5.91 Å². The molecule has 0 spiro atoms. The minimum absolute atomic E-state index is 0.0516. The number of hydrogen-bond acceptors (Lipinski definition) is 4. The van der Waals surface area contributed by atoms with Gasteiger partial charge in [-0.3, -0.25) is 15.0 Å². The third-order valence-corrected chi connectivity index (χ3v) is 4.73. The fourth-order valence-electron chi connectivity index (χ4n) is 3.27. The van der Waals surface area contributed by atoms with Gasteiger partial charge in [-0.2, -0.15) is 13.2 Å². The topological polar surface area (TPSA) is 69.7 Å². The van der Waals surface area contributed by atoms with Gasteiger partial charge in [0.15, 0.2) is 0 Å². The molecule has 2 aliphatic heterocycles. The number of amides is 3. The van der Waals surface area contributed by atoms with Gasteiger partial charge in [-0.1, -0.05) is 0 Å². The second-order valence-electron chi connectivity index (χ2n) is 6.41. The lowest BCUT2D eigenvalue weighted by Crippen LogP contribution is -2.50. The Hall–Kier alpha value is -2.58. The van der Waals surface area contributed by atoms with Gasteiger partial charge >= 0.3 is 12.2 Å². The van der Waals surface area contributed by atoms with Crippen LogP contribution in [0.2, 0.25) is 0 Å². The summed E-state index contributed by atoms with van der Waals surface area (Å²) in [5.74, 6) is -0.559. The summed E-state index contributed by atoms with van der Waals surface area (Å²) in [6.07, 6.45) is -2.61. The number of imide groups is 1. The molecule has 0 radical (unpaired) electrons. The molecule has 26 heavy (non-hydrogen) atoms. The van der Waals surface area contributed by atoms with E-state index in [1.54, 1.807) is 4.90 Å². The largest absolute Gasteiger partial charge is 0.418 e. The number of benzene rings is 1. The Morgan fingerprint density at radius 3 is 2.38 bits per heavy atom. The zero-order valence-electron chi connectivity index (χ0n) is 13.9. The molecule has 1 aromatic carbocycles. The van der Waals surface area contributed by atoms with Crippen molar-refractivity contribution in [3.63, 3.8) is 0 Å². The predicted molar refractivity (Wildman–Crippen MR) is 87.9 cm³/mol. The molecule has 1 aromatic rings. The molecule has 6 nitrogen and oxygen atoms in total. The van der Waals surface area contributed by atoms with Crippen molar-refractivity contribution in [1.29, 1.82) is 0 Å². The minimum Gasteiger partial charge on any atom is -0.371 e. The van der Waals surface area contributed by atoms with Gasteiger partial charge in [0, 0.05) is 37.7 Å². The maximum Gasteiger partial charge on any atom is 0.418 e. The fraction of sp³-hybridized carbons (Fsp3) is 0.471. The number of anilines is 2. The van der Waals surface area contributed by atoms with Gasteiger partial charge in [0.25, 0.3) is 0 Å². The maximum atomic E-state index is 13.6. The molecule has 3 rings (SSSR count). The molecule has 9 heteroatoms. The standard InChI is InChI=1S/C17H18F3N3O3/c18-17(19,20)13-9-12(22-6-3-11(10-24)4-7-22)1-2-14(13)23-8-5-15(25)21-16(23)26/h1-2,9-11H,3-8H2,(H,21,25,26). The number of hydrogen-bond donors (Lipinski definition) is 1. The molecule has 0 aliphatic carbocycles. The van der Waals surface area contributed by atoms with Crippen molar-refractivity contribution in [2.75, 3.05) is 29.4 Å². The number of piperidine rings is 1. The van der Waals surface area contributed by atoms with Crippen LogP contribution in [0.25, 0.3) is 0 Å². The Bertz CT molecular complexity index is 728. The highest BCUT2D eigenvalue weighted by molar-refractivity contribution is 6.06. The Labute approximate surface area is 147 Å². The van der Waals surface area contributed by atoms with E-state index >= 15 is 0 Å². The summed E-state index contributed by atoms with van der Waals surface area (Å²) in [6, 6.07) is 2.97. The normalized spacial score (nSPS) is 19.5. The van der Waals surface area contributed by atoms with Crippen molar-refractivity contribution in [3.05, 3.63) is 23.8 Å². The molecule has 0 atom stereocenters. The zero-order chi connectivity index (χ0) is 18.9. The number of carbonyl (C=O) groups is 3. The molecule has 0 aromatic heterocycles. The van der Waals surface area contributed by atoms with E-state index in [9.17, 15) is 27.6 Å². The van der Waals surface area contributed by atoms with E-state index in [0.29, 0.717) is 31.6 Å². The molecular formula is C17H18F3N3O3. The number of rotatable bonds is 3. The Morgan fingerprint density at radius 2 is 1.81 bits per heavy atom. The quantitative estimate of drug-likeness (QED) is 0.832. The van der Waals surface area contributed by atoms with Gasteiger partial charge in [0.1, 0.15) is 6.29 Å². The van der Waals surface area contributed by atoms with Crippen LogP contribution < -0.4 is 15.1 Å². The van der Waals surface area contributed by atoms with Crippen molar-refractivity contribution in [2.45, 2.75) is 25.4 Å². The Balaban J connectivity index is 1.91. The van der Waals surface area contributed by atoms with E-state index < -0.39 is 23.7 Å². The van der Waals surface area contributed by atoms with Crippen LogP contribution in [0, 0.1) is 5.92 Å². The van der Waals surface area contributed by atoms with Crippen LogP contribution in [0.1, 0.15) is 24.8 Å². The highest BCUT2D eigenvalue weighted by atomic mass is 19.4. The highest BCUT2D eigenvalue weighted by Gasteiger charge is 2.38. The Morgan fingerprint density at radius 1 is 1.12 bits per heavy atom. The van der Waals surface area contributed by atoms with E-state index in [0.717, 1.165) is 17.3 Å². The molecule has 2 saturated heterocycles. The summed E-state index contributed by atoms with van der Waals surface area (Å²) >= 11 is 0. The first-order valence-corrected chi connectivity index (χ1v) is 8.32. The second kappa shape index (κ2) is 6.97. The molecule has 3 amide bonds. The molecular weight excluding hydrogens is 351 g/mol. The van der Waals surface area contributed by atoms with E-state index in [-0.39, 0.29) is 24.6 Å². The SMILES string of the molecule is O=CC1CCN(c2ccc(N3CCC(=O)NC3=O)c(C(F)(F)F)c2)CC1. The number of alkyl halides is 3. The van der Waals surface area contributed by atoms with Crippen molar-refractivity contribution in [1.82, 2.24) is 5.32 Å². The lowest BCUT2D eigenvalue weighted by atomic mass is 9.97. The van der Waals surface area contributed by atoms with E-state index in [1.165, 1.54) is 12.1 Å². The first-order valence-electron chi connectivity index (χ1n) is 8.32. The van der Waals surface area contributed by atoms with Crippen LogP contribution in [0.15, 0.2) is 18.2 Å². The van der Waals surface area contributed by atoms with Crippen molar-refractivity contribution < 1.29 is 27.6 Å². The summed E-state index contributed by atoms with van der Waals surface area (Å²) in [5.41, 5.74) is -0.787. The molecule has 2 heterocycles. The molecule has 0 saturated carbocycles. The van der Waals surface area contributed by atoms with Crippen LogP contribution in [0.5, 0.6) is 0 Å². The molecule has 2 fully saturated rings. The predicted octanol–water partition coefficient (Wildman–Crippen LogP) is 2.57. The molecule has 1 N–H and O–H groups in total. The van der Waals surface area contributed by atoms with Crippen LogP contribution in [-0.4, -0.2) is 37.9 Å². The first-order chi connectivity index (χ1) is 12.3. The maximum absolute atomic E-state index is 13.6. The van der Waals surface area contributed by atoms with E-state index in [4.69, 9.17) is 0 Å². The zero-order valence-corrected chi connectivity index (χ0v) is 13.9. The molecule has 2 aliphatic rings. The van der Waals surface area contributed by atoms with Crippen LogP contribution in [0.3, 0.4) is 0 Å². The fourth-order valence-corrected chi connectivity index (χ4v) is 3.27. The van der Waals surface area contributed by atoms with Crippen molar-refractivity contribution in [2.24, 2.45) is 5.92 Å². The summed E-state index contributed by atoms with van der Waals surface area (Å²) < 4.78 is 40.7.